The number of ketones is 1. The normalized spacial score (nSPS) is 15.3. The highest BCUT2D eigenvalue weighted by Gasteiger charge is 2.29. The summed E-state index contributed by atoms with van der Waals surface area (Å²) < 4.78 is 70.4. The molecule has 0 aliphatic heterocycles. The van der Waals surface area contributed by atoms with E-state index in [1.54, 1.807) is 0 Å². The topological polar surface area (TPSA) is 86.7 Å². The molecule has 0 fully saturated rings. The van der Waals surface area contributed by atoms with Crippen LogP contribution in [-0.4, -0.2) is 39.2 Å². The molecule has 2 rings (SSSR count). The van der Waals surface area contributed by atoms with Crippen molar-refractivity contribution in [2.75, 3.05) is 12.9 Å². The third kappa shape index (κ3) is 6.05. The maximum absolute atomic E-state index is 12.4. The molecule has 0 saturated heterocycles. The Morgan fingerprint density at radius 2 is 1.93 bits per heavy atom. The van der Waals surface area contributed by atoms with Crippen molar-refractivity contribution in [3.63, 3.8) is 0 Å². The molecule has 28 heavy (non-hydrogen) atoms. The molecule has 154 valence electrons. The maximum Gasteiger partial charge on any atom is 0.411 e. The van der Waals surface area contributed by atoms with Crippen LogP contribution < -0.4 is 0 Å². The van der Waals surface area contributed by atoms with Crippen molar-refractivity contribution in [2.45, 2.75) is 36.9 Å². The Labute approximate surface area is 164 Å². The fourth-order valence-electron chi connectivity index (χ4n) is 2.53. The van der Waals surface area contributed by atoms with E-state index in [2.05, 4.69) is 4.74 Å². The highest BCUT2D eigenvalue weighted by molar-refractivity contribution is 7.90. The molecule has 1 aromatic rings. The number of sulfone groups is 1. The van der Waals surface area contributed by atoms with E-state index in [1.165, 1.54) is 6.08 Å². The quantitative estimate of drug-likeness (QED) is 0.628. The number of carbonyl (C=O) groups excluding carboxylic acids is 2. The van der Waals surface area contributed by atoms with Gasteiger partial charge in [0, 0.05) is 30.7 Å². The summed E-state index contributed by atoms with van der Waals surface area (Å²) in [5, 5.41) is -0.391. The summed E-state index contributed by atoms with van der Waals surface area (Å²) in [6, 6.07) is 2.14. The van der Waals surface area contributed by atoms with Crippen LogP contribution >= 0.6 is 11.6 Å². The average molecular weight is 441 g/mol. The number of hydrogen-bond acceptors (Lipinski definition) is 6. The zero-order chi connectivity index (χ0) is 21.1. The van der Waals surface area contributed by atoms with Crippen LogP contribution in [0.2, 0.25) is 5.02 Å². The van der Waals surface area contributed by atoms with Gasteiger partial charge < -0.3 is 9.47 Å². The van der Waals surface area contributed by atoms with Gasteiger partial charge in [0.25, 0.3) is 0 Å². The Morgan fingerprint density at radius 3 is 2.50 bits per heavy atom. The van der Waals surface area contributed by atoms with E-state index >= 15 is 0 Å². The van der Waals surface area contributed by atoms with Crippen molar-refractivity contribution in [2.24, 2.45) is 0 Å². The van der Waals surface area contributed by atoms with Gasteiger partial charge in [-0.05, 0) is 18.6 Å². The zero-order valence-electron chi connectivity index (χ0n) is 14.6. The second kappa shape index (κ2) is 8.62. The van der Waals surface area contributed by atoms with Crippen molar-refractivity contribution in [3.05, 3.63) is 40.1 Å². The lowest BCUT2D eigenvalue weighted by atomic mass is 10.1. The van der Waals surface area contributed by atoms with E-state index in [1.807, 2.05) is 0 Å². The fraction of sp³-hybridized carbons (Fsp3) is 0.412. The minimum atomic E-state index is -4.62. The number of hydrogen-bond donors (Lipinski definition) is 0. The Bertz CT molecular complexity index is 922. The van der Waals surface area contributed by atoms with Crippen molar-refractivity contribution >= 4 is 33.2 Å². The fourth-order valence-corrected chi connectivity index (χ4v) is 3.80. The van der Waals surface area contributed by atoms with E-state index in [-0.39, 0.29) is 27.6 Å². The van der Waals surface area contributed by atoms with Crippen LogP contribution in [0.1, 0.15) is 35.2 Å². The van der Waals surface area contributed by atoms with Crippen LogP contribution in [0, 0.1) is 0 Å². The molecule has 1 aromatic carbocycles. The van der Waals surface area contributed by atoms with Crippen molar-refractivity contribution in [1.29, 1.82) is 0 Å². The third-order valence-electron chi connectivity index (χ3n) is 3.72. The molecular formula is C17H16ClF3O6S. The lowest BCUT2D eigenvalue weighted by Crippen LogP contribution is -2.18. The number of allylic oxidation sites excluding steroid dienone is 2. The molecule has 0 unspecified atom stereocenters. The van der Waals surface area contributed by atoms with Gasteiger partial charge in [-0.25, -0.2) is 13.2 Å². The number of benzene rings is 1. The highest BCUT2D eigenvalue weighted by atomic mass is 35.5. The van der Waals surface area contributed by atoms with Gasteiger partial charge in [-0.3, -0.25) is 4.79 Å². The first-order valence-corrected chi connectivity index (χ1v) is 10.3. The van der Waals surface area contributed by atoms with Gasteiger partial charge in [-0.2, -0.15) is 13.2 Å². The van der Waals surface area contributed by atoms with E-state index in [9.17, 15) is 31.2 Å². The standard InChI is InChI=1S/C17H16ClF3O6S/c1-28(24,25)14-6-5-12(15(18)13(14)8-26-9-17(19,20)21)16(23)27-11-4-2-3-10(22)7-11/h5-7H,2-4,8-9H2,1H3. The molecule has 0 N–H and O–H groups in total. The summed E-state index contributed by atoms with van der Waals surface area (Å²) in [7, 11) is -3.85. The van der Waals surface area contributed by atoms with Gasteiger partial charge in [0.15, 0.2) is 15.6 Å². The predicted molar refractivity (Wildman–Crippen MR) is 92.6 cm³/mol. The van der Waals surface area contributed by atoms with Crippen LogP contribution in [0.25, 0.3) is 0 Å². The second-order valence-electron chi connectivity index (χ2n) is 6.10. The molecule has 0 amide bonds. The number of alkyl halides is 3. The van der Waals surface area contributed by atoms with Gasteiger partial charge in [-0.15, -0.1) is 0 Å². The van der Waals surface area contributed by atoms with E-state index in [0.717, 1.165) is 18.4 Å². The highest BCUT2D eigenvalue weighted by Crippen LogP contribution is 2.31. The van der Waals surface area contributed by atoms with E-state index in [0.29, 0.717) is 19.3 Å². The van der Waals surface area contributed by atoms with Crippen molar-refractivity contribution in [1.82, 2.24) is 0 Å². The van der Waals surface area contributed by atoms with Gasteiger partial charge in [-0.1, -0.05) is 11.6 Å². The second-order valence-corrected chi connectivity index (χ2v) is 8.47. The molecule has 6 nitrogen and oxygen atoms in total. The number of rotatable bonds is 6. The van der Waals surface area contributed by atoms with Crippen LogP contribution in [0.3, 0.4) is 0 Å². The Balaban J connectivity index is 2.34. The van der Waals surface area contributed by atoms with Crippen LogP contribution in [0.4, 0.5) is 13.2 Å². The summed E-state index contributed by atoms with van der Waals surface area (Å²) in [5.41, 5.74) is -0.532. The van der Waals surface area contributed by atoms with Crippen molar-refractivity contribution in [3.8, 4) is 0 Å². The molecule has 1 aliphatic carbocycles. The first-order valence-electron chi connectivity index (χ1n) is 8.00. The molecule has 0 heterocycles. The third-order valence-corrected chi connectivity index (χ3v) is 5.34. The average Bonchev–Trinajstić information content (AvgIpc) is 2.54. The maximum atomic E-state index is 12.4. The molecule has 0 aromatic heterocycles. The lowest BCUT2D eigenvalue weighted by Gasteiger charge is -2.16. The van der Waals surface area contributed by atoms with E-state index < -0.39 is 40.2 Å². The SMILES string of the molecule is CS(=O)(=O)c1ccc(C(=O)OC2=CC(=O)CCC2)c(Cl)c1COCC(F)(F)F. The Morgan fingerprint density at radius 1 is 1.25 bits per heavy atom. The molecular weight excluding hydrogens is 425 g/mol. The molecule has 0 bridgehead atoms. The summed E-state index contributed by atoms with van der Waals surface area (Å²) in [4.78, 5) is 23.4. The molecule has 0 atom stereocenters. The number of ether oxygens (including phenoxy) is 2. The predicted octanol–water partition coefficient (Wildman–Crippen LogP) is 3.62. The summed E-state index contributed by atoms with van der Waals surface area (Å²) >= 11 is 6.10. The monoisotopic (exact) mass is 440 g/mol. The summed E-state index contributed by atoms with van der Waals surface area (Å²) in [6.07, 6.45) is -1.37. The van der Waals surface area contributed by atoms with Crippen LogP contribution in [0.5, 0.6) is 0 Å². The largest absolute Gasteiger partial charge is 0.427 e. The van der Waals surface area contributed by atoms with Gasteiger partial charge in [0.05, 0.1) is 22.1 Å². The molecule has 0 saturated carbocycles. The lowest BCUT2D eigenvalue weighted by molar-refractivity contribution is -0.176. The number of esters is 1. The summed E-state index contributed by atoms with van der Waals surface area (Å²) in [6.45, 7) is -2.39. The first-order chi connectivity index (χ1) is 12.9. The van der Waals surface area contributed by atoms with Crippen LogP contribution in [0.15, 0.2) is 28.9 Å². The molecule has 0 radical (unpaired) electrons. The minimum Gasteiger partial charge on any atom is -0.427 e. The van der Waals surface area contributed by atoms with Crippen molar-refractivity contribution < 1.29 is 40.7 Å². The summed E-state index contributed by atoms with van der Waals surface area (Å²) in [5.74, 6) is -1.02. The Hall–Kier alpha value is -1.91. The molecule has 1 aliphatic rings. The Kier molecular flexibility index (Phi) is 6.89. The first kappa shape index (κ1) is 22.4. The smallest absolute Gasteiger partial charge is 0.411 e. The van der Waals surface area contributed by atoms with Gasteiger partial charge in [0.2, 0.25) is 0 Å². The minimum absolute atomic E-state index is 0.138. The van der Waals surface area contributed by atoms with E-state index in [4.69, 9.17) is 16.3 Å². The number of carbonyl (C=O) groups is 2. The molecule has 0 spiro atoms. The number of halogens is 4. The van der Waals surface area contributed by atoms with Crippen LogP contribution in [-0.2, 0) is 30.7 Å². The van der Waals surface area contributed by atoms with Gasteiger partial charge >= 0.3 is 12.1 Å². The zero-order valence-corrected chi connectivity index (χ0v) is 16.2. The molecule has 11 heteroatoms. The van der Waals surface area contributed by atoms with Gasteiger partial charge in [0.1, 0.15) is 12.4 Å².